The molecule has 6 nitrogen and oxygen atoms in total. The van der Waals surface area contributed by atoms with Crippen molar-refractivity contribution in [2.45, 2.75) is 39.2 Å². The van der Waals surface area contributed by atoms with Crippen LogP contribution in [-0.2, 0) is 20.7 Å². The lowest BCUT2D eigenvalue weighted by atomic mass is 9.94. The van der Waals surface area contributed by atoms with Crippen LogP contribution in [0.4, 0.5) is 0 Å². The average molecular weight is 438 g/mol. The normalized spacial score (nSPS) is 17.7. The van der Waals surface area contributed by atoms with Gasteiger partial charge in [-0.15, -0.1) is 0 Å². The van der Waals surface area contributed by atoms with E-state index in [0.29, 0.717) is 24.5 Å². The van der Waals surface area contributed by atoms with E-state index in [4.69, 9.17) is 9.47 Å². The lowest BCUT2D eigenvalue weighted by Gasteiger charge is -2.25. The number of ketones is 1. The standard InChI is InChI=1S/C26H31NO5/c1-4-6-16-32-21-13-11-20(12-14-21)24(28)22-23(19-9-7-18(5-2)8-10-19)27(15-17-31-3)26(30)25(22)29/h7-14,23,28H,4-6,15-17H2,1-3H3/b24-22+. The highest BCUT2D eigenvalue weighted by molar-refractivity contribution is 6.46. The molecule has 2 aromatic carbocycles. The number of benzene rings is 2. The van der Waals surface area contributed by atoms with Crippen LogP contribution in [0.2, 0.25) is 0 Å². The number of unbranched alkanes of at least 4 members (excludes halogenated alkanes) is 1. The summed E-state index contributed by atoms with van der Waals surface area (Å²) in [6.45, 7) is 5.33. The van der Waals surface area contributed by atoms with Gasteiger partial charge in [-0.3, -0.25) is 9.59 Å². The SMILES string of the molecule is CCCCOc1ccc(/C(O)=C2\C(=O)C(=O)N(CCOC)C2c2ccc(CC)cc2)cc1. The van der Waals surface area contributed by atoms with Gasteiger partial charge in [-0.1, -0.05) is 44.5 Å². The minimum absolute atomic E-state index is 0.0926. The summed E-state index contributed by atoms with van der Waals surface area (Å²) in [7, 11) is 1.55. The summed E-state index contributed by atoms with van der Waals surface area (Å²) in [5.41, 5.74) is 2.49. The van der Waals surface area contributed by atoms with E-state index in [2.05, 4.69) is 13.8 Å². The van der Waals surface area contributed by atoms with Gasteiger partial charge < -0.3 is 19.5 Å². The third-order valence-corrected chi connectivity index (χ3v) is 5.67. The molecule has 0 bridgehead atoms. The lowest BCUT2D eigenvalue weighted by Crippen LogP contribution is -2.32. The van der Waals surface area contributed by atoms with Crippen molar-refractivity contribution in [3.63, 3.8) is 0 Å². The van der Waals surface area contributed by atoms with Crippen molar-refractivity contribution >= 4 is 17.4 Å². The molecule has 32 heavy (non-hydrogen) atoms. The maximum absolute atomic E-state index is 13.0. The Kier molecular flexibility index (Phi) is 8.06. The Morgan fingerprint density at radius 1 is 1.00 bits per heavy atom. The van der Waals surface area contributed by atoms with Gasteiger partial charge in [0.2, 0.25) is 0 Å². The first-order valence-corrected chi connectivity index (χ1v) is 11.1. The van der Waals surface area contributed by atoms with Crippen LogP contribution in [0, 0.1) is 0 Å². The molecule has 0 spiro atoms. The zero-order valence-electron chi connectivity index (χ0n) is 19.0. The first-order chi connectivity index (χ1) is 15.5. The molecule has 0 saturated carbocycles. The summed E-state index contributed by atoms with van der Waals surface area (Å²) in [5, 5.41) is 11.1. The highest BCUT2D eigenvalue weighted by atomic mass is 16.5. The van der Waals surface area contributed by atoms with Gasteiger partial charge in [-0.2, -0.15) is 0 Å². The second-order valence-electron chi connectivity index (χ2n) is 7.81. The molecule has 1 aliphatic rings. The van der Waals surface area contributed by atoms with Crippen molar-refractivity contribution in [2.24, 2.45) is 0 Å². The fourth-order valence-corrected chi connectivity index (χ4v) is 3.78. The zero-order chi connectivity index (χ0) is 23.1. The van der Waals surface area contributed by atoms with Gasteiger partial charge in [0.1, 0.15) is 11.5 Å². The number of methoxy groups -OCH3 is 1. The van der Waals surface area contributed by atoms with Crippen molar-refractivity contribution in [3.8, 4) is 5.75 Å². The molecule has 1 heterocycles. The van der Waals surface area contributed by atoms with E-state index in [0.717, 1.165) is 30.4 Å². The number of carbonyl (C=O) groups is 2. The van der Waals surface area contributed by atoms with E-state index < -0.39 is 17.7 Å². The second kappa shape index (κ2) is 11.0. The minimum atomic E-state index is -0.688. The van der Waals surface area contributed by atoms with Gasteiger partial charge in [-0.05, 0) is 48.2 Å². The molecule has 1 saturated heterocycles. The number of likely N-dealkylation sites (tertiary alicyclic amines) is 1. The largest absolute Gasteiger partial charge is 0.507 e. The van der Waals surface area contributed by atoms with Gasteiger partial charge in [0.15, 0.2) is 0 Å². The molecule has 1 aliphatic heterocycles. The number of ether oxygens (including phenoxy) is 2. The van der Waals surface area contributed by atoms with Gasteiger partial charge in [0.05, 0.1) is 24.8 Å². The molecule has 0 radical (unpaired) electrons. The monoisotopic (exact) mass is 437 g/mol. The van der Waals surface area contributed by atoms with Gasteiger partial charge in [0.25, 0.3) is 11.7 Å². The molecule has 1 amide bonds. The Morgan fingerprint density at radius 2 is 1.69 bits per heavy atom. The zero-order valence-corrected chi connectivity index (χ0v) is 19.0. The van der Waals surface area contributed by atoms with E-state index in [1.54, 1.807) is 31.4 Å². The van der Waals surface area contributed by atoms with Crippen LogP contribution in [0.15, 0.2) is 54.1 Å². The maximum Gasteiger partial charge on any atom is 0.295 e. The molecule has 1 unspecified atom stereocenters. The lowest BCUT2D eigenvalue weighted by molar-refractivity contribution is -0.140. The molecule has 6 heteroatoms. The average Bonchev–Trinajstić information content (AvgIpc) is 3.07. The third-order valence-electron chi connectivity index (χ3n) is 5.67. The Labute approximate surface area is 189 Å². The van der Waals surface area contributed by atoms with E-state index in [9.17, 15) is 14.7 Å². The van der Waals surface area contributed by atoms with Crippen LogP contribution in [-0.4, -0.2) is 48.6 Å². The number of carbonyl (C=O) groups excluding carboxylic acids is 2. The molecule has 170 valence electrons. The number of aliphatic hydroxyl groups is 1. The number of aliphatic hydroxyl groups excluding tert-OH is 1. The molecule has 0 aliphatic carbocycles. The van der Waals surface area contributed by atoms with Crippen molar-refractivity contribution in [3.05, 3.63) is 70.8 Å². The number of hydrogen-bond acceptors (Lipinski definition) is 5. The number of nitrogens with zero attached hydrogens (tertiary/aromatic N) is 1. The summed E-state index contributed by atoms with van der Waals surface area (Å²) in [5.74, 6) is -0.811. The number of aryl methyl sites for hydroxylation is 1. The Morgan fingerprint density at radius 3 is 2.28 bits per heavy atom. The molecule has 1 atom stereocenters. The van der Waals surface area contributed by atoms with Crippen molar-refractivity contribution < 1.29 is 24.2 Å². The van der Waals surface area contributed by atoms with E-state index in [1.807, 2.05) is 24.3 Å². The first kappa shape index (κ1) is 23.5. The quantitative estimate of drug-likeness (QED) is 0.256. The van der Waals surface area contributed by atoms with Crippen LogP contribution in [0.25, 0.3) is 5.76 Å². The van der Waals surface area contributed by atoms with Crippen LogP contribution in [0.5, 0.6) is 5.75 Å². The highest BCUT2D eigenvalue weighted by Crippen LogP contribution is 2.39. The third kappa shape index (κ3) is 5.02. The fraction of sp³-hybridized carbons (Fsp3) is 0.385. The molecular weight excluding hydrogens is 406 g/mol. The summed E-state index contributed by atoms with van der Waals surface area (Å²) >= 11 is 0. The smallest absolute Gasteiger partial charge is 0.295 e. The highest BCUT2D eigenvalue weighted by Gasteiger charge is 2.45. The van der Waals surface area contributed by atoms with Crippen LogP contribution < -0.4 is 4.74 Å². The van der Waals surface area contributed by atoms with Crippen molar-refractivity contribution in [1.29, 1.82) is 0 Å². The first-order valence-electron chi connectivity index (χ1n) is 11.1. The van der Waals surface area contributed by atoms with Crippen molar-refractivity contribution in [2.75, 3.05) is 26.9 Å². The Balaban J connectivity index is 2.00. The van der Waals surface area contributed by atoms with E-state index in [-0.39, 0.29) is 17.9 Å². The molecule has 3 rings (SSSR count). The molecule has 0 aromatic heterocycles. The molecule has 1 fully saturated rings. The molecule has 2 aromatic rings. The van der Waals surface area contributed by atoms with E-state index >= 15 is 0 Å². The van der Waals surface area contributed by atoms with Crippen LogP contribution in [0.1, 0.15) is 49.4 Å². The van der Waals surface area contributed by atoms with Gasteiger partial charge in [-0.25, -0.2) is 0 Å². The van der Waals surface area contributed by atoms with E-state index in [1.165, 1.54) is 4.90 Å². The summed E-state index contributed by atoms with van der Waals surface area (Å²) in [6, 6.07) is 14.0. The predicted octanol–water partition coefficient (Wildman–Crippen LogP) is 4.50. The van der Waals surface area contributed by atoms with Gasteiger partial charge in [0, 0.05) is 19.2 Å². The number of rotatable bonds is 10. The number of hydrogen-bond donors (Lipinski definition) is 1. The van der Waals surface area contributed by atoms with Crippen molar-refractivity contribution in [1.82, 2.24) is 4.90 Å². The molecular formula is C26H31NO5. The fourth-order valence-electron chi connectivity index (χ4n) is 3.78. The summed E-state index contributed by atoms with van der Waals surface area (Å²) < 4.78 is 10.8. The maximum atomic E-state index is 13.0. The summed E-state index contributed by atoms with van der Waals surface area (Å²) in [6.07, 6.45) is 2.89. The topological polar surface area (TPSA) is 76.1 Å². The summed E-state index contributed by atoms with van der Waals surface area (Å²) in [4.78, 5) is 27.3. The Hall–Kier alpha value is -3.12. The second-order valence-corrected chi connectivity index (χ2v) is 7.81. The number of amides is 1. The minimum Gasteiger partial charge on any atom is -0.507 e. The predicted molar refractivity (Wildman–Crippen MR) is 124 cm³/mol. The van der Waals surface area contributed by atoms with Gasteiger partial charge >= 0.3 is 0 Å². The molecule has 1 N–H and O–H groups in total. The van der Waals surface area contributed by atoms with Crippen LogP contribution >= 0.6 is 0 Å². The Bertz CT molecular complexity index is 963. The number of Topliss-reactive ketones (excluding diaryl/α,β-unsaturated/α-hetero) is 1. The van der Waals surface area contributed by atoms with Crippen LogP contribution in [0.3, 0.4) is 0 Å².